The molecule has 0 spiro atoms. The zero-order valence-electron chi connectivity index (χ0n) is 17.4. The number of rotatable bonds is 13. The first-order valence-electron chi connectivity index (χ1n) is 9.98. The number of nitrogens with one attached hydrogen (secondary N) is 2. The number of carboxylic acid groups (broad SMARTS) is 2. The summed E-state index contributed by atoms with van der Waals surface area (Å²) in [5.74, 6) is -5.44. The molecule has 4 unspecified atom stereocenters. The molecule has 0 aliphatic carbocycles. The van der Waals surface area contributed by atoms with E-state index in [9.17, 15) is 28.8 Å². The van der Waals surface area contributed by atoms with E-state index in [0.29, 0.717) is 12.8 Å². The lowest BCUT2D eigenvalue weighted by atomic mass is 10.1. The topological polar surface area (TPSA) is 222 Å². The normalized spacial score (nSPS) is 18.3. The van der Waals surface area contributed by atoms with Crippen LogP contribution in [-0.4, -0.2) is 87.1 Å². The van der Waals surface area contributed by atoms with Crippen molar-refractivity contribution in [3.63, 3.8) is 0 Å². The summed E-state index contributed by atoms with van der Waals surface area (Å²) >= 11 is 3.86. The molecule has 1 aliphatic heterocycles. The van der Waals surface area contributed by atoms with E-state index in [4.69, 9.17) is 21.7 Å². The van der Waals surface area contributed by atoms with Gasteiger partial charge in [0, 0.05) is 25.1 Å². The minimum absolute atomic E-state index is 0.0943. The first kappa shape index (κ1) is 27.2. The van der Waals surface area contributed by atoms with Crippen molar-refractivity contribution < 1.29 is 39.0 Å². The third-order valence-electron chi connectivity index (χ3n) is 4.93. The van der Waals surface area contributed by atoms with Crippen LogP contribution in [-0.2, 0) is 28.8 Å². The van der Waals surface area contributed by atoms with Crippen LogP contribution in [0.3, 0.4) is 0 Å². The van der Waals surface area contributed by atoms with Crippen molar-refractivity contribution in [2.75, 3.05) is 12.3 Å². The van der Waals surface area contributed by atoms with E-state index in [1.54, 1.807) is 0 Å². The lowest BCUT2D eigenvalue weighted by molar-refractivity contribution is -0.143. The number of hydrogen-bond donors (Lipinski definition) is 7. The molecule has 1 aliphatic rings. The van der Waals surface area contributed by atoms with Crippen LogP contribution in [0.2, 0.25) is 0 Å². The Hall–Kier alpha value is -2.87. The van der Waals surface area contributed by atoms with Gasteiger partial charge in [0.2, 0.25) is 23.6 Å². The third-order valence-corrected chi connectivity index (χ3v) is 5.30. The minimum atomic E-state index is -1.32. The molecule has 1 rings (SSSR count). The van der Waals surface area contributed by atoms with Crippen molar-refractivity contribution in [2.45, 2.75) is 62.7 Å². The molecule has 0 aromatic rings. The summed E-state index contributed by atoms with van der Waals surface area (Å²) in [5.41, 5.74) is 10.9. The summed E-state index contributed by atoms with van der Waals surface area (Å²) in [4.78, 5) is 72.2. The lowest BCUT2D eigenvalue weighted by Gasteiger charge is -2.28. The van der Waals surface area contributed by atoms with Gasteiger partial charge in [-0.15, -0.1) is 0 Å². The SMILES string of the molecule is NC(=O)CCC(NC(=O)C1CCCN1C(=O)C(N)CCC(=O)O)C(=O)NC(CS)C(=O)O. The molecule has 1 fully saturated rings. The highest BCUT2D eigenvalue weighted by Crippen LogP contribution is 2.19. The van der Waals surface area contributed by atoms with Gasteiger partial charge in [-0.1, -0.05) is 0 Å². The van der Waals surface area contributed by atoms with Crippen molar-refractivity contribution >= 4 is 48.2 Å². The molecule has 4 amide bonds. The van der Waals surface area contributed by atoms with Crippen LogP contribution >= 0.6 is 12.6 Å². The van der Waals surface area contributed by atoms with Gasteiger partial charge < -0.3 is 37.2 Å². The molecular weight excluding hydrogens is 446 g/mol. The van der Waals surface area contributed by atoms with Gasteiger partial charge in [-0.3, -0.25) is 24.0 Å². The summed E-state index contributed by atoms with van der Waals surface area (Å²) in [7, 11) is 0. The average molecular weight is 476 g/mol. The van der Waals surface area contributed by atoms with E-state index in [-0.39, 0.29) is 38.0 Å². The lowest BCUT2D eigenvalue weighted by Crippen LogP contribution is -2.57. The van der Waals surface area contributed by atoms with Crippen molar-refractivity contribution in [3.05, 3.63) is 0 Å². The van der Waals surface area contributed by atoms with Crippen molar-refractivity contribution in [2.24, 2.45) is 11.5 Å². The highest BCUT2D eigenvalue weighted by atomic mass is 32.1. The molecule has 0 saturated carbocycles. The summed E-state index contributed by atoms with van der Waals surface area (Å²) in [6.45, 7) is 0.233. The number of carbonyl (C=O) groups excluding carboxylic acids is 4. The van der Waals surface area contributed by atoms with Gasteiger partial charge in [0.15, 0.2) is 0 Å². The van der Waals surface area contributed by atoms with Crippen LogP contribution in [0, 0.1) is 0 Å². The zero-order chi connectivity index (χ0) is 24.4. The monoisotopic (exact) mass is 475 g/mol. The van der Waals surface area contributed by atoms with Crippen LogP contribution in [0.4, 0.5) is 0 Å². The van der Waals surface area contributed by atoms with Gasteiger partial charge in [0.05, 0.1) is 6.04 Å². The second kappa shape index (κ2) is 12.9. The number of primary amides is 1. The van der Waals surface area contributed by atoms with Crippen molar-refractivity contribution in [1.82, 2.24) is 15.5 Å². The highest BCUT2D eigenvalue weighted by Gasteiger charge is 2.38. The molecule has 0 aromatic carbocycles. The Morgan fingerprint density at radius 2 is 1.69 bits per heavy atom. The van der Waals surface area contributed by atoms with E-state index >= 15 is 0 Å². The highest BCUT2D eigenvalue weighted by molar-refractivity contribution is 7.80. The van der Waals surface area contributed by atoms with Gasteiger partial charge in [-0.25, -0.2) is 4.79 Å². The molecule has 4 atom stereocenters. The third kappa shape index (κ3) is 8.34. The van der Waals surface area contributed by atoms with Crippen LogP contribution in [0.15, 0.2) is 0 Å². The van der Waals surface area contributed by atoms with Gasteiger partial charge in [-0.2, -0.15) is 12.6 Å². The van der Waals surface area contributed by atoms with Crippen molar-refractivity contribution in [1.29, 1.82) is 0 Å². The standard InChI is InChI=1S/C18H29N5O8S/c19-9(3-6-14(25)26)17(29)23-7-1-2-12(23)16(28)21-10(4-5-13(20)24)15(27)22-11(8-32)18(30)31/h9-12,32H,1-8,19H2,(H2,20,24)(H,21,28)(H,22,27)(H,25,26)(H,30,31). The number of thiol groups is 1. The van der Waals surface area contributed by atoms with Crippen molar-refractivity contribution in [3.8, 4) is 0 Å². The van der Waals surface area contributed by atoms with E-state index in [1.165, 1.54) is 4.90 Å². The van der Waals surface area contributed by atoms with Crippen LogP contribution in [0.25, 0.3) is 0 Å². The fourth-order valence-electron chi connectivity index (χ4n) is 3.20. The van der Waals surface area contributed by atoms with Crippen LogP contribution in [0.5, 0.6) is 0 Å². The molecule has 0 aromatic heterocycles. The molecule has 0 bridgehead atoms. The Morgan fingerprint density at radius 3 is 2.22 bits per heavy atom. The summed E-state index contributed by atoms with van der Waals surface area (Å²) in [6.07, 6.45) is -0.0308. The van der Waals surface area contributed by atoms with E-state index < -0.39 is 59.7 Å². The average Bonchev–Trinajstić information content (AvgIpc) is 3.21. The number of nitrogens with two attached hydrogens (primary N) is 2. The Labute approximate surface area is 189 Å². The Kier molecular flexibility index (Phi) is 10.9. The number of likely N-dealkylation sites (tertiary alicyclic amines) is 1. The minimum Gasteiger partial charge on any atom is -0.481 e. The van der Waals surface area contributed by atoms with Gasteiger partial charge in [0.1, 0.15) is 18.1 Å². The van der Waals surface area contributed by atoms with E-state index in [0.717, 1.165) is 0 Å². The zero-order valence-corrected chi connectivity index (χ0v) is 18.3. The Balaban J connectivity index is 2.88. The van der Waals surface area contributed by atoms with Gasteiger partial charge >= 0.3 is 11.9 Å². The number of aliphatic carboxylic acids is 2. The first-order valence-corrected chi connectivity index (χ1v) is 10.6. The van der Waals surface area contributed by atoms with Crippen LogP contribution < -0.4 is 22.1 Å². The quantitative estimate of drug-likeness (QED) is 0.139. The number of carbonyl (C=O) groups is 6. The Morgan fingerprint density at radius 1 is 1.03 bits per heavy atom. The first-order chi connectivity index (χ1) is 15.0. The summed E-state index contributed by atoms with van der Waals surface area (Å²) in [5, 5.41) is 22.5. The molecule has 8 N–H and O–H groups in total. The predicted molar refractivity (Wildman–Crippen MR) is 113 cm³/mol. The number of hydrogen-bond acceptors (Lipinski definition) is 8. The molecule has 13 nitrogen and oxygen atoms in total. The Bertz CT molecular complexity index is 749. The molecule has 180 valence electrons. The maximum absolute atomic E-state index is 12.8. The van der Waals surface area contributed by atoms with Crippen LogP contribution in [0.1, 0.15) is 38.5 Å². The largest absolute Gasteiger partial charge is 0.481 e. The predicted octanol–water partition coefficient (Wildman–Crippen LogP) is -2.58. The number of carboxylic acids is 2. The fourth-order valence-corrected chi connectivity index (χ4v) is 3.45. The molecular formula is C18H29N5O8S. The van der Waals surface area contributed by atoms with E-state index in [1.807, 2.05) is 0 Å². The summed E-state index contributed by atoms with van der Waals surface area (Å²) < 4.78 is 0. The van der Waals surface area contributed by atoms with Gasteiger partial charge in [-0.05, 0) is 25.7 Å². The number of amides is 4. The molecule has 0 radical (unpaired) electrons. The molecule has 14 heteroatoms. The fraction of sp³-hybridized carbons (Fsp3) is 0.667. The second-order valence-corrected chi connectivity index (χ2v) is 7.74. The second-order valence-electron chi connectivity index (χ2n) is 7.38. The number of nitrogens with zero attached hydrogens (tertiary/aromatic N) is 1. The summed E-state index contributed by atoms with van der Waals surface area (Å²) in [6, 6.07) is -4.62. The molecule has 32 heavy (non-hydrogen) atoms. The maximum atomic E-state index is 12.8. The van der Waals surface area contributed by atoms with E-state index in [2.05, 4.69) is 23.3 Å². The smallest absolute Gasteiger partial charge is 0.327 e. The molecule has 1 heterocycles. The van der Waals surface area contributed by atoms with Gasteiger partial charge in [0.25, 0.3) is 0 Å². The molecule has 1 saturated heterocycles. The maximum Gasteiger partial charge on any atom is 0.327 e.